The number of Topliss-reactive ketones (excluding diaryl/α,β-unsaturated/α-hetero) is 1. The van der Waals surface area contributed by atoms with Crippen molar-refractivity contribution in [2.24, 2.45) is 0 Å². The third-order valence-corrected chi connectivity index (χ3v) is 5.72. The lowest BCUT2D eigenvalue weighted by Crippen LogP contribution is -2.36. The van der Waals surface area contributed by atoms with Crippen LogP contribution in [0.2, 0.25) is 0 Å². The van der Waals surface area contributed by atoms with E-state index in [4.69, 9.17) is 9.47 Å². The molecule has 2 aromatic carbocycles. The molecule has 0 bridgehead atoms. The van der Waals surface area contributed by atoms with Gasteiger partial charge in [0.15, 0.2) is 0 Å². The average Bonchev–Trinajstić information content (AvgIpc) is 3.36. The first-order valence-corrected chi connectivity index (χ1v) is 10.1. The van der Waals surface area contributed by atoms with Crippen molar-refractivity contribution in [2.45, 2.75) is 31.9 Å². The van der Waals surface area contributed by atoms with Gasteiger partial charge in [0.2, 0.25) is 0 Å². The Bertz CT molecular complexity index is 972. The van der Waals surface area contributed by atoms with E-state index in [-0.39, 0.29) is 17.4 Å². The van der Waals surface area contributed by atoms with Crippen LogP contribution in [0.15, 0.2) is 54.1 Å². The summed E-state index contributed by atoms with van der Waals surface area (Å²) < 4.78 is 10.9. The number of hydrogen-bond donors (Lipinski definition) is 1. The summed E-state index contributed by atoms with van der Waals surface area (Å²) in [6.07, 6.45) is 1.69. The number of ether oxygens (including phenoxy) is 2. The number of carbonyl (C=O) groups excluding carboxylic acids is 2. The summed E-state index contributed by atoms with van der Waals surface area (Å²) in [6.45, 7) is 2.96. The lowest BCUT2D eigenvalue weighted by atomic mass is 9.94. The number of benzene rings is 2. The minimum atomic E-state index is -0.674. The third kappa shape index (κ3) is 3.71. The molecule has 2 fully saturated rings. The number of rotatable bonds is 5. The second-order valence-corrected chi connectivity index (χ2v) is 7.73. The van der Waals surface area contributed by atoms with Crippen molar-refractivity contribution in [3.05, 3.63) is 70.8 Å². The van der Waals surface area contributed by atoms with Crippen LogP contribution in [-0.4, -0.2) is 48.1 Å². The number of methoxy groups -OCH3 is 1. The van der Waals surface area contributed by atoms with Crippen LogP contribution >= 0.6 is 0 Å². The first kappa shape index (κ1) is 20.2. The van der Waals surface area contributed by atoms with E-state index in [1.165, 1.54) is 4.90 Å². The van der Waals surface area contributed by atoms with Gasteiger partial charge < -0.3 is 19.5 Å². The van der Waals surface area contributed by atoms with E-state index in [2.05, 4.69) is 0 Å². The lowest BCUT2D eigenvalue weighted by molar-refractivity contribution is -0.140. The van der Waals surface area contributed by atoms with Gasteiger partial charge in [0.25, 0.3) is 11.7 Å². The van der Waals surface area contributed by atoms with E-state index in [0.717, 1.165) is 24.0 Å². The number of carbonyl (C=O) groups is 2. The highest BCUT2D eigenvalue weighted by Gasteiger charge is 2.47. The number of hydrogen-bond acceptors (Lipinski definition) is 5. The number of aliphatic hydroxyl groups is 1. The van der Waals surface area contributed by atoms with Gasteiger partial charge >= 0.3 is 0 Å². The molecule has 2 heterocycles. The molecule has 2 saturated heterocycles. The number of ketones is 1. The molecule has 6 heteroatoms. The zero-order valence-corrected chi connectivity index (χ0v) is 17.1. The van der Waals surface area contributed by atoms with Gasteiger partial charge in [0.1, 0.15) is 11.5 Å². The monoisotopic (exact) mass is 407 g/mol. The van der Waals surface area contributed by atoms with Crippen molar-refractivity contribution in [3.63, 3.8) is 0 Å². The predicted octanol–water partition coefficient (Wildman–Crippen LogP) is 3.60. The van der Waals surface area contributed by atoms with Crippen molar-refractivity contribution in [1.82, 2.24) is 4.90 Å². The Balaban J connectivity index is 1.80. The van der Waals surface area contributed by atoms with Crippen LogP contribution < -0.4 is 4.74 Å². The van der Waals surface area contributed by atoms with E-state index in [9.17, 15) is 14.7 Å². The Morgan fingerprint density at radius 2 is 1.83 bits per heavy atom. The molecule has 1 N–H and O–H groups in total. The predicted molar refractivity (Wildman–Crippen MR) is 112 cm³/mol. The number of amides is 1. The molecule has 1 amide bonds. The van der Waals surface area contributed by atoms with Gasteiger partial charge in [0.05, 0.1) is 24.8 Å². The fourth-order valence-corrected chi connectivity index (χ4v) is 4.08. The maximum atomic E-state index is 13.0. The third-order valence-electron chi connectivity index (χ3n) is 5.72. The highest BCUT2D eigenvalue weighted by atomic mass is 16.5. The quantitative estimate of drug-likeness (QED) is 0.466. The van der Waals surface area contributed by atoms with Gasteiger partial charge in [-0.05, 0) is 49.6 Å². The van der Waals surface area contributed by atoms with Crippen LogP contribution in [0.4, 0.5) is 0 Å². The van der Waals surface area contributed by atoms with Gasteiger partial charge in [-0.25, -0.2) is 0 Å². The van der Waals surface area contributed by atoms with Gasteiger partial charge in [-0.15, -0.1) is 0 Å². The molecule has 156 valence electrons. The lowest BCUT2D eigenvalue weighted by Gasteiger charge is -2.27. The second-order valence-electron chi connectivity index (χ2n) is 7.73. The first-order valence-electron chi connectivity index (χ1n) is 10.1. The van der Waals surface area contributed by atoms with E-state index >= 15 is 0 Å². The Morgan fingerprint density at radius 3 is 2.43 bits per heavy atom. The standard InChI is InChI=1S/C24H25NO5/c1-15-5-7-16(8-6-15)21-20(22(26)17-9-11-18(29-2)12-10-17)23(27)24(28)25(21)14-19-4-3-13-30-19/h5-12,19,21,26H,3-4,13-14H2,1-2H3/b22-20+/t19-,21+/m1/s1. The Morgan fingerprint density at radius 1 is 1.13 bits per heavy atom. The van der Waals surface area contributed by atoms with Crippen LogP contribution in [0, 0.1) is 6.92 Å². The van der Waals surface area contributed by atoms with Crippen LogP contribution in [0.5, 0.6) is 5.75 Å². The number of aryl methyl sites for hydroxylation is 1. The molecule has 30 heavy (non-hydrogen) atoms. The minimum absolute atomic E-state index is 0.0998. The van der Waals surface area contributed by atoms with E-state index in [1.807, 2.05) is 31.2 Å². The zero-order chi connectivity index (χ0) is 21.3. The average molecular weight is 407 g/mol. The van der Waals surface area contributed by atoms with Crippen molar-refractivity contribution in [2.75, 3.05) is 20.3 Å². The zero-order valence-electron chi connectivity index (χ0n) is 17.1. The molecular weight excluding hydrogens is 382 g/mol. The van der Waals surface area contributed by atoms with Crippen LogP contribution in [0.25, 0.3) is 5.76 Å². The van der Waals surface area contributed by atoms with E-state index in [0.29, 0.717) is 24.5 Å². The molecule has 2 aromatic rings. The highest BCUT2D eigenvalue weighted by molar-refractivity contribution is 6.46. The highest BCUT2D eigenvalue weighted by Crippen LogP contribution is 2.40. The summed E-state index contributed by atoms with van der Waals surface area (Å²) in [5.74, 6) is -0.824. The summed E-state index contributed by atoms with van der Waals surface area (Å²) in [5, 5.41) is 11.0. The maximum Gasteiger partial charge on any atom is 0.295 e. The van der Waals surface area contributed by atoms with Gasteiger partial charge in [-0.3, -0.25) is 9.59 Å². The summed E-state index contributed by atoms with van der Waals surface area (Å²) in [7, 11) is 1.56. The Hall–Kier alpha value is -3.12. The molecule has 0 spiro atoms. The molecule has 2 aliphatic heterocycles. The van der Waals surface area contributed by atoms with Crippen molar-refractivity contribution in [1.29, 1.82) is 0 Å². The topological polar surface area (TPSA) is 76.1 Å². The van der Waals surface area contributed by atoms with Crippen molar-refractivity contribution >= 4 is 17.4 Å². The summed E-state index contributed by atoms with van der Waals surface area (Å²) in [5.41, 5.74) is 2.42. The van der Waals surface area contributed by atoms with Crippen molar-refractivity contribution < 1.29 is 24.2 Å². The van der Waals surface area contributed by atoms with Gasteiger partial charge in [-0.1, -0.05) is 29.8 Å². The summed E-state index contributed by atoms with van der Waals surface area (Å²) >= 11 is 0. The molecule has 0 unspecified atom stereocenters. The van der Waals surface area contributed by atoms with Crippen LogP contribution in [0.1, 0.15) is 35.6 Å². The molecular formula is C24H25NO5. The fraction of sp³-hybridized carbons (Fsp3) is 0.333. The first-order chi connectivity index (χ1) is 14.5. The Kier molecular flexibility index (Phi) is 5.59. The van der Waals surface area contributed by atoms with Crippen LogP contribution in [0.3, 0.4) is 0 Å². The molecule has 2 atom stereocenters. The maximum absolute atomic E-state index is 13.0. The largest absolute Gasteiger partial charge is 0.507 e. The molecule has 2 aliphatic rings. The van der Waals surface area contributed by atoms with Gasteiger partial charge in [-0.2, -0.15) is 0 Å². The summed E-state index contributed by atoms with van der Waals surface area (Å²) in [6, 6.07) is 13.8. The van der Waals surface area contributed by atoms with E-state index < -0.39 is 17.7 Å². The normalized spacial score (nSPS) is 23.2. The van der Waals surface area contributed by atoms with Crippen molar-refractivity contribution in [3.8, 4) is 5.75 Å². The number of nitrogens with zero attached hydrogens (tertiary/aromatic N) is 1. The minimum Gasteiger partial charge on any atom is -0.507 e. The Labute approximate surface area is 175 Å². The number of likely N-dealkylation sites (tertiary alicyclic amines) is 1. The molecule has 0 aromatic heterocycles. The molecule has 0 radical (unpaired) electrons. The molecule has 4 rings (SSSR count). The SMILES string of the molecule is COc1ccc(/C(O)=C2\C(=O)C(=O)N(C[C@H]3CCCO3)[C@H]2c2ccc(C)cc2)cc1. The second kappa shape index (κ2) is 8.32. The smallest absolute Gasteiger partial charge is 0.295 e. The van der Waals surface area contributed by atoms with Gasteiger partial charge in [0, 0.05) is 18.7 Å². The number of aliphatic hydroxyl groups excluding tert-OH is 1. The summed E-state index contributed by atoms with van der Waals surface area (Å²) in [4.78, 5) is 27.5. The molecule has 6 nitrogen and oxygen atoms in total. The molecule has 0 saturated carbocycles. The van der Waals surface area contributed by atoms with Crippen LogP contribution in [-0.2, 0) is 14.3 Å². The fourth-order valence-electron chi connectivity index (χ4n) is 4.08. The molecule has 0 aliphatic carbocycles. The van der Waals surface area contributed by atoms with E-state index in [1.54, 1.807) is 31.4 Å².